The van der Waals surface area contributed by atoms with Gasteiger partial charge in [-0.3, -0.25) is 0 Å². The second-order valence-electron chi connectivity index (χ2n) is 4.13. The molecule has 0 bridgehead atoms. The van der Waals surface area contributed by atoms with Gasteiger partial charge >= 0.3 is 0 Å². The Morgan fingerprint density at radius 3 is 2.47 bits per heavy atom. The van der Waals surface area contributed by atoms with E-state index >= 15 is 0 Å². The number of carbonyl (C=O) groups is 1. The molecule has 0 fully saturated rings. The summed E-state index contributed by atoms with van der Waals surface area (Å²) in [5.74, 6) is 1.33. The molecule has 2 aromatic rings. The van der Waals surface area contributed by atoms with Crippen LogP contribution in [0.5, 0.6) is 11.5 Å². The lowest BCUT2D eigenvalue weighted by molar-refractivity contribution is -0.107. The van der Waals surface area contributed by atoms with Crippen LogP contribution in [0.15, 0.2) is 48.5 Å². The Bertz CT molecular complexity index is 535. The summed E-state index contributed by atoms with van der Waals surface area (Å²) in [7, 11) is 1.60. The van der Waals surface area contributed by atoms with Gasteiger partial charge in [-0.25, -0.2) is 0 Å². The summed E-state index contributed by atoms with van der Waals surface area (Å²) >= 11 is 0. The van der Waals surface area contributed by atoms with Crippen molar-refractivity contribution in [2.24, 2.45) is 0 Å². The molecule has 98 valence electrons. The number of rotatable bonds is 6. The highest BCUT2D eigenvalue weighted by atomic mass is 16.5. The van der Waals surface area contributed by atoms with Crippen molar-refractivity contribution in [1.29, 1.82) is 0 Å². The van der Waals surface area contributed by atoms with E-state index in [1.807, 2.05) is 48.5 Å². The van der Waals surface area contributed by atoms with Gasteiger partial charge in [-0.15, -0.1) is 0 Å². The van der Waals surface area contributed by atoms with E-state index in [1.54, 1.807) is 7.11 Å². The summed E-state index contributed by atoms with van der Waals surface area (Å²) < 4.78 is 11.0. The summed E-state index contributed by atoms with van der Waals surface area (Å²) in [6.45, 7) is 0.474. The van der Waals surface area contributed by atoms with Crippen molar-refractivity contribution in [3.63, 3.8) is 0 Å². The number of ether oxygens (including phenoxy) is 2. The summed E-state index contributed by atoms with van der Waals surface area (Å²) in [6.07, 6.45) is 1.26. The SMILES string of the molecule is COc1ccc(CC=O)cc1OCc1ccccc1. The lowest BCUT2D eigenvalue weighted by Gasteiger charge is -2.11. The molecule has 3 heteroatoms. The van der Waals surface area contributed by atoms with E-state index in [-0.39, 0.29) is 0 Å². The maximum absolute atomic E-state index is 10.5. The van der Waals surface area contributed by atoms with Crippen LogP contribution in [0.3, 0.4) is 0 Å². The molecule has 0 heterocycles. The number of methoxy groups -OCH3 is 1. The van der Waals surface area contributed by atoms with E-state index in [4.69, 9.17) is 9.47 Å². The van der Waals surface area contributed by atoms with Gasteiger partial charge in [0.2, 0.25) is 0 Å². The third-order valence-corrected chi connectivity index (χ3v) is 2.78. The van der Waals surface area contributed by atoms with Gasteiger partial charge in [0.1, 0.15) is 12.9 Å². The number of hydrogen-bond acceptors (Lipinski definition) is 3. The van der Waals surface area contributed by atoms with Crippen LogP contribution in [-0.4, -0.2) is 13.4 Å². The molecule has 2 aromatic carbocycles. The summed E-state index contributed by atoms with van der Waals surface area (Å²) in [4.78, 5) is 10.5. The van der Waals surface area contributed by atoms with Gasteiger partial charge in [0, 0.05) is 6.42 Å². The minimum atomic E-state index is 0.381. The molecule has 0 aliphatic heterocycles. The van der Waals surface area contributed by atoms with Gasteiger partial charge in [0.05, 0.1) is 7.11 Å². The van der Waals surface area contributed by atoms with Crippen molar-refractivity contribution in [1.82, 2.24) is 0 Å². The Kier molecular flexibility index (Phi) is 4.56. The highest BCUT2D eigenvalue weighted by Gasteiger charge is 2.06. The molecule has 19 heavy (non-hydrogen) atoms. The Morgan fingerprint density at radius 1 is 1.00 bits per heavy atom. The van der Waals surface area contributed by atoms with Crippen LogP contribution in [0.4, 0.5) is 0 Å². The number of benzene rings is 2. The lowest BCUT2D eigenvalue weighted by atomic mass is 10.1. The quantitative estimate of drug-likeness (QED) is 0.745. The van der Waals surface area contributed by atoms with Crippen molar-refractivity contribution < 1.29 is 14.3 Å². The largest absolute Gasteiger partial charge is 0.493 e. The molecule has 0 saturated heterocycles. The van der Waals surface area contributed by atoms with Crippen LogP contribution >= 0.6 is 0 Å². The first-order valence-electron chi connectivity index (χ1n) is 6.10. The molecule has 0 saturated carbocycles. The molecule has 0 radical (unpaired) electrons. The van der Waals surface area contributed by atoms with Gasteiger partial charge in [0.15, 0.2) is 11.5 Å². The molecule has 0 unspecified atom stereocenters. The number of aldehydes is 1. The lowest BCUT2D eigenvalue weighted by Crippen LogP contribution is -1.98. The average molecular weight is 256 g/mol. The second kappa shape index (κ2) is 6.59. The predicted octanol–water partition coefficient (Wildman–Crippen LogP) is 3.02. The Hall–Kier alpha value is -2.29. The Balaban J connectivity index is 2.13. The van der Waals surface area contributed by atoms with Crippen LogP contribution in [0.1, 0.15) is 11.1 Å². The van der Waals surface area contributed by atoms with Crippen molar-refractivity contribution in [2.75, 3.05) is 7.11 Å². The maximum atomic E-state index is 10.5. The smallest absolute Gasteiger partial charge is 0.161 e. The molecule has 2 rings (SSSR count). The highest BCUT2D eigenvalue weighted by molar-refractivity contribution is 5.56. The predicted molar refractivity (Wildman–Crippen MR) is 73.5 cm³/mol. The van der Waals surface area contributed by atoms with E-state index < -0.39 is 0 Å². The third kappa shape index (κ3) is 3.58. The van der Waals surface area contributed by atoms with Gasteiger partial charge < -0.3 is 14.3 Å². The monoisotopic (exact) mass is 256 g/mol. The third-order valence-electron chi connectivity index (χ3n) is 2.78. The second-order valence-corrected chi connectivity index (χ2v) is 4.13. The number of carbonyl (C=O) groups excluding carboxylic acids is 1. The zero-order chi connectivity index (χ0) is 13.5. The first kappa shape index (κ1) is 13.1. The van der Waals surface area contributed by atoms with Crippen molar-refractivity contribution in [2.45, 2.75) is 13.0 Å². The summed E-state index contributed by atoms with van der Waals surface area (Å²) in [6, 6.07) is 15.4. The zero-order valence-corrected chi connectivity index (χ0v) is 10.8. The fraction of sp³-hybridized carbons (Fsp3) is 0.188. The van der Waals surface area contributed by atoms with Crippen LogP contribution in [0.2, 0.25) is 0 Å². The minimum absolute atomic E-state index is 0.381. The molecule has 0 aliphatic carbocycles. The molecule has 0 N–H and O–H groups in total. The fourth-order valence-corrected chi connectivity index (χ4v) is 1.79. The van der Waals surface area contributed by atoms with Gasteiger partial charge in [-0.2, -0.15) is 0 Å². The van der Waals surface area contributed by atoms with Crippen LogP contribution in [0, 0.1) is 0 Å². The zero-order valence-electron chi connectivity index (χ0n) is 10.8. The van der Waals surface area contributed by atoms with E-state index in [0.717, 1.165) is 17.4 Å². The maximum Gasteiger partial charge on any atom is 0.161 e. The first-order valence-corrected chi connectivity index (χ1v) is 6.10. The van der Waals surface area contributed by atoms with Gasteiger partial charge in [-0.1, -0.05) is 36.4 Å². The normalized spacial score (nSPS) is 9.95. The van der Waals surface area contributed by atoms with E-state index in [2.05, 4.69) is 0 Å². The highest BCUT2D eigenvalue weighted by Crippen LogP contribution is 2.28. The van der Waals surface area contributed by atoms with Crippen LogP contribution in [-0.2, 0) is 17.8 Å². The molecule has 0 spiro atoms. The molecular weight excluding hydrogens is 240 g/mol. The van der Waals surface area contributed by atoms with E-state index in [9.17, 15) is 4.79 Å². The minimum Gasteiger partial charge on any atom is -0.493 e. The topological polar surface area (TPSA) is 35.5 Å². The van der Waals surface area contributed by atoms with Crippen LogP contribution < -0.4 is 9.47 Å². The van der Waals surface area contributed by atoms with E-state index in [0.29, 0.717) is 24.5 Å². The standard InChI is InChI=1S/C16H16O3/c1-18-15-8-7-13(9-10-17)11-16(15)19-12-14-5-3-2-4-6-14/h2-8,10-11H,9,12H2,1H3. The average Bonchev–Trinajstić information content (AvgIpc) is 2.47. The summed E-state index contributed by atoms with van der Waals surface area (Å²) in [5, 5.41) is 0. The molecular formula is C16H16O3. The Labute approximate surface area is 112 Å². The van der Waals surface area contributed by atoms with E-state index in [1.165, 1.54) is 0 Å². The molecule has 0 aromatic heterocycles. The summed E-state index contributed by atoms with van der Waals surface area (Å²) in [5.41, 5.74) is 2.00. The first-order chi connectivity index (χ1) is 9.33. The number of hydrogen-bond donors (Lipinski definition) is 0. The molecule has 3 nitrogen and oxygen atoms in total. The molecule has 0 amide bonds. The Morgan fingerprint density at radius 2 is 1.79 bits per heavy atom. The van der Waals surface area contributed by atoms with Crippen molar-refractivity contribution >= 4 is 6.29 Å². The van der Waals surface area contributed by atoms with Crippen molar-refractivity contribution in [3.8, 4) is 11.5 Å². The van der Waals surface area contributed by atoms with Gasteiger partial charge in [0.25, 0.3) is 0 Å². The fourth-order valence-electron chi connectivity index (χ4n) is 1.79. The molecule has 0 aliphatic rings. The van der Waals surface area contributed by atoms with Gasteiger partial charge in [-0.05, 0) is 23.3 Å². The van der Waals surface area contributed by atoms with Crippen LogP contribution in [0.25, 0.3) is 0 Å². The molecule has 0 atom stereocenters. The van der Waals surface area contributed by atoms with Crippen molar-refractivity contribution in [3.05, 3.63) is 59.7 Å².